The molecule has 136 valence electrons. The van der Waals surface area contributed by atoms with Crippen molar-refractivity contribution >= 4 is 18.1 Å². The van der Waals surface area contributed by atoms with Gasteiger partial charge in [-0.25, -0.2) is 9.69 Å². The molecule has 0 fully saturated rings. The monoisotopic (exact) mass is 354 g/mol. The van der Waals surface area contributed by atoms with Crippen LogP contribution >= 0.6 is 0 Å². The van der Waals surface area contributed by atoms with Crippen molar-refractivity contribution in [2.45, 2.75) is 27.2 Å². The van der Waals surface area contributed by atoms with Gasteiger partial charge in [0.15, 0.2) is 11.5 Å². The molecule has 26 heavy (non-hydrogen) atoms. The molecular weight excluding hydrogens is 332 g/mol. The van der Waals surface area contributed by atoms with Crippen LogP contribution in [0.25, 0.3) is 0 Å². The summed E-state index contributed by atoms with van der Waals surface area (Å²) in [5.41, 5.74) is 1.27. The zero-order valence-corrected chi connectivity index (χ0v) is 15.1. The number of benzene rings is 1. The summed E-state index contributed by atoms with van der Waals surface area (Å²) >= 11 is 0. The van der Waals surface area contributed by atoms with Gasteiger partial charge in [0.1, 0.15) is 12.5 Å². The number of rotatable bonds is 3. The van der Waals surface area contributed by atoms with Crippen molar-refractivity contribution in [2.24, 2.45) is 11.3 Å². The Hall–Kier alpha value is -3.02. The van der Waals surface area contributed by atoms with E-state index in [0.29, 0.717) is 35.9 Å². The maximum atomic E-state index is 12.6. The van der Waals surface area contributed by atoms with E-state index in [1.165, 1.54) is 12.5 Å². The van der Waals surface area contributed by atoms with Gasteiger partial charge in [-0.1, -0.05) is 32.9 Å². The number of imide groups is 1. The van der Waals surface area contributed by atoms with Crippen LogP contribution in [0, 0.1) is 11.3 Å². The smallest absolute Gasteiger partial charge is 0.332 e. The lowest BCUT2D eigenvalue weighted by Crippen LogP contribution is -2.39. The van der Waals surface area contributed by atoms with E-state index in [2.05, 4.69) is 32.2 Å². The molecule has 1 atom stereocenters. The molecule has 1 N–H and O–H groups in total. The van der Waals surface area contributed by atoms with Gasteiger partial charge in [0.25, 0.3) is 0 Å². The first-order valence-electron chi connectivity index (χ1n) is 8.44. The molecule has 1 aromatic rings. The van der Waals surface area contributed by atoms with Gasteiger partial charge in [-0.05, 0) is 36.0 Å². The maximum Gasteiger partial charge on any atom is 0.332 e. The van der Waals surface area contributed by atoms with Crippen LogP contribution in [0.1, 0.15) is 27.2 Å². The van der Waals surface area contributed by atoms with Gasteiger partial charge in [0.05, 0.1) is 5.69 Å². The van der Waals surface area contributed by atoms with Crippen molar-refractivity contribution < 1.29 is 19.1 Å². The van der Waals surface area contributed by atoms with E-state index in [1.807, 2.05) is 12.2 Å². The van der Waals surface area contributed by atoms with Gasteiger partial charge in [0.2, 0.25) is 6.41 Å². The molecule has 1 unspecified atom stereocenters. The maximum absolute atomic E-state index is 12.6. The second-order valence-corrected chi connectivity index (χ2v) is 7.30. The Morgan fingerprint density at radius 1 is 1.23 bits per heavy atom. The molecule has 0 bridgehead atoms. The van der Waals surface area contributed by atoms with Crippen molar-refractivity contribution in [1.82, 2.24) is 5.32 Å². The topological polar surface area (TPSA) is 67.9 Å². The zero-order valence-electron chi connectivity index (χ0n) is 15.1. The predicted molar refractivity (Wildman–Crippen MR) is 98.7 cm³/mol. The van der Waals surface area contributed by atoms with E-state index >= 15 is 0 Å². The van der Waals surface area contributed by atoms with Gasteiger partial charge < -0.3 is 14.8 Å². The number of allylic oxidation sites excluding steroid dienone is 4. The van der Waals surface area contributed by atoms with Crippen LogP contribution in [0.4, 0.5) is 10.5 Å². The molecule has 0 saturated heterocycles. The largest absolute Gasteiger partial charge is 0.458 e. The third-order valence-electron chi connectivity index (χ3n) is 4.44. The van der Waals surface area contributed by atoms with E-state index < -0.39 is 6.03 Å². The Bertz CT molecular complexity index is 803. The SMILES string of the molecule is CC(C)(C)C1C=CC=C(NC(=O)N(C=O)c2ccc3c(c2)OC=CO3)C1. The van der Waals surface area contributed by atoms with Crippen LogP contribution in [-0.2, 0) is 4.79 Å². The molecular formula is C20H22N2O4. The van der Waals surface area contributed by atoms with E-state index in [4.69, 9.17) is 9.47 Å². The molecule has 1 aliphatic heterocycles. The lowest BCUT2D eigenvalue weighted by molar-refractivity contribution is -0.106. The lowest BCUT2D eigenvalue weighted by Gasteiger charge is -2.31. The number of carbonyl (C=O) groups is 2. The number of nitrogens with one attached hydrogen (secondary N) is 1. The zero-order chi connectivity index (χ0) is 18.7. The lowest BCUT2D eigenvalue weighted by atomic mass is 9.76. The highest BCUT2D eigenvalue weighted by atomic mass is 16.5. The fourth-order valence-corrected chi connectivity index (χ4v) is 2.83. The number of nitrogens with zero attached hydrogens (tertiary/aromatic N) is 1. The van der Waals surface area contributed by atoms with Crippen molar-refractivity contribution in [2.75, 3.05) is 4.90 Å². The van der Waals surface area contributed by atoms with E-state index in [9.17, 15) is 9.59 Å². The summed E-state index contributed by atoms with van der Waals surface area (Å²) in [7, 11) is 0. The Balaban J connectivity index is 1.73. The van der Waals surface area contributed by atoms with E-state index in [-0.39, 0.29) is 5.41 Å². The first-order chi connectivity index (χ1) is 12.4. The molecule has 2 aliphatic rings. The summed E-state index contributed by atoms with van der Waals surface area (Å²) in [5.74, 6) is 1.28. The highest BCUT2D eigenvalue weighted by Crippen LogP contribution is 2.35. The first-order valence-corrected chi connectivity index (χ1v) is 8.44. The summed E-state index contributed by atoms with van der Waals surface area (Å²) < 4.78 is 10.6. The molecule has 0 spiro atoms. The average Bonchev–Trinajstić information content (AvgIpc) is 2.62. The fraction of sp³-hybridized carbons (Fsp3) is 0.300. The minimum atomic E-state index is -0.513. The number of carbonyl (C=O) groups excluding carboxylic acids is 2. The van der Waals surface area contributed by atoms with Gasteiger partial charge in [-0.15, -0.1) is 0 Å². The molecule has 1 aromatic carbocycles. The first kappa shape index (κ1) is 17.8. The molecule has 0 aromatic heterocycles. The molecule has 6 nitrogen and oxygen atoms in total. The third-order valence-corrected chi connectivity index (χ3v) is 4.44. The summed E-state index contributed by atoms with van der Waals surface area (Å²) in [6.07, 6.45) is 9.95. The Morgan fingerprint density at radius 3 is 2.65 bits per heavy atom. The van der Waals surface area contributed by atoms with Crippen molar-refractivity contribution in [3.05, 3.63) is 54.6 Å². The highest BCUT2D eigenvalue weighted by Gasteiger charge is 2.26. The third kappa shape index (κ3) is 3.79. The predicted octanol–water partition coefficient (Wildman–Crippen LogP) is 4.11. The molecule has 3 amide bonds. The van der Waals surface area contributed by atoms with Crippen LogP contribution in [0.15, 0.2) is 54.6 Å². The molecule has 1 aliphatic carbocycles. The highest BCUT2D eigenvalue weighted by molar-refractivity contribution is 6.06. The normalized spacial score (nSPS) is 18.1. The number of urea groups is 1. The average molecular weight is 354 g/mol. The Morgan fingerprint density at radius 2 is 1.96 bits per heavy atom. The number of hydrogen-bond acceptors (Lipinski definition) is 4. The summed E-state index contributed by atoms with van der Waals surface area (Å²) in [6.45, 7) is 6.48. The summed E-state index contributed by atoms with van der Waals surface area (Å²) in [4.78, 5) is 25.1. The second kappa shape index (κ2) is 7.07. The minimum absolute atomic E-state index is 0.0917. The molecule has 0 saturated carbocycles. The quantitative estimate of drug-likeness (QED) is 0.830. The fourth-order valence-electron chi connectivity index (χ4n) is 2.83. The molecule has 1 heterocycles. The van der Waals surface area contributed by atoms with Gasteiger partial charge in [0, 0.05) is 11.8 Å². The number of ether oxygens (including phenoxy) is 2. The van der Waals surface area contributed by atoms with E-state index in [0.717, 1.165) is 10.6 Å². The van der Waals surface area contributed by atoms with Crippen molar-refractivity contribution in [1.29, 1.82) is 0 Å². The van der Waals surface area contributed by atoms with Crippen LogP contribution in [-0.4, -0.2) is 12.4 Å². The van der Waals surface area contributed by atoms with Crippen LogP contribution in [0.3, 0.4) is 0 Å². The standard InChI is InChI=1S/C20H22N2O4/c1-20(2,3)14-5-4-6-15(11-14)21-19(24)22(13-23)16-7-8-17-18(12-16)26-10-9-25-17/h4-10,12-14H,11H2,1-3H3,(H,21,24). The molecule has 6 heteroatoms. The molecule has 3 rings (SSSR count). The Labute approximate surface area is 152 Å². The van der Waals surface area contributed by atoms with E-state index in [1.54, 1.807) is 18.2 Å². The van der Waals surface area contributed by atoms with Crippen LogP contribution in [0.5, 0.6) is 11.5 Å². The van der Waals surface area contributed by atoms with Gasteiger partial charge >= 0.3 is 6.03 Å². The van der Waals surface area contributed by atoms with Gasteiger partial charge in [-0.2, -0.15) is 0 Å². The summed E-state index contributed by atoms with van der Waals surface area (Å²) in [5, 5.41) is 2.83. The number of anilines is 1. The van der Waals surface area contributed by atoms with Crippen LogP contribution < -0.4 is 19.7 Å². The van der Waals surface area contributed by atoms with Crippen molar-refractivity contribution in [3.8, 4) is 11.5 Å². The summed E-state index contributed by atoms with van der Waals surface area (Å²) in [6, 6.07) is 4.35. The molecule has 0 radical (unpaired) electrons. The number of fused-ring (bicyclic) bond motifs is 1. The second-order valence-electron chi connectivity index (χ2n) is 7.30. The minimum Gasteiger partial charge on any atom is -0.458 e. The Kier molecular flexibility index (Phi) is 4.84. The number of amides is 3. The van der Waals surface area contributed by atoms with Crippen molar-refractivity contribution in [3.63, 3.8) is 0 Å². The van der Waals surface area contributed by atoms with Gasteiger partial charge in [-0.3, -0.25) is 4.79 Å². The van der Waals surface area contributed by atoms with Crippen LogP contribution in [0.2, 0.25) is 0 Å². The number of hydrogen-bond donors (Lipinski definition) is 1.